The Kier molecular flexibility index (Phi) is 4.05. The highest BCUT2D eigenvalue weighted by Crippen LogP contribution is 2.48. The standard InChI is InChI=1S/C25H30N4/c1-18-13-25(16-28(17-25)15-19-7-3-2-4-8-19)24-12-23(27-29(18)24)21-11-20-9-5-6-10-22(20)26-14-21/h5-6,9-12,14,18-19H,2-4,7-8,13,15-17H2,1H3. The number of para-hydroxylation sites is 1. The van der Waals surface area contributed by atoms with Gasteiger partial charge >= 0.3 is 0 Å². The highest BCUT2D eigenvalue weighted by molar-refractivity contribution is 5.82. The summed E-state index contributed by atoms with van der Waals surface area (Å²) >= 11 is 0. The fourth-order valence-corrected chi connectivity index (χ4v) is 6.20. The zero-order valence-electron chi connectivity index (χ0n) is 17.3. The lowest BCUT2D eigenvalue weighted by molar-refractivity contribution is 0.0417. The molecule has 3 aliphatic rings. The Hall–Kier alpha value is -2.20. The number of likely N-dealkylation sites (tertiary alicyclic amines) is 1. The summed E-state index contributed by atoms with van der Waals surface area (Å²) in [5.41, 5.74) is 5.03. The highest BCUT2D eigenvalue weighted by atomic mass is 15.4. The Balaban J connectivity index is 1.25. The van der Waals surface area contributed by atoms with Gasteiger partial charge in [-0.3, -0.25) is 9.67 Å². The number of nitrogens with zero attached hydrogens (tertiary/aromatic N) is 4. The van der Waals surface area contributed by atoms with Gasteiger partial charge in [-0.25, -0.2) is 0 Å². The highest BCUT2D eigenvalue weighted by Gasteiger charge is 2.52. The van der Waals surface area contributed by atoms with Crippen molar-refractivity contribution in [3.63, 3.8) is 0 Å². The van der Waals surface area contributed by atoms with Gasteiger partial charge in [0.25, 0.3) is 0 Å². The van der Waals surface area contributed by atoms with E-state index in [0.29, 0.717) is 11.5 Å². The van der Waals surface area contributed by atoms with E-state index in [1.54, 1.807) is 0 Å². The van der Waals surface area contributed by atoms with E-state index in [0.717, 1.165) is 22.7 Å². The fraction of sp³-hybridized carbons (Fsp3) is 0.520. The molecule has 29 heavy (non-hydrogen) atoms. The first kappa shape index (κ1) is 17.6. The quantitative estimate of drug-likeness (QED) is 0.621. The molecule has 0 radical (unpaired) electrons. The first-order chi connectivity index (χ1) is 14.2. The van der Waals surface area contributed by atoms with Gasteiger partial charge in [-0.05, 0) is 50.3 Å². The molecule has 0 N–H and O–H groups in total. The van der Waals surface area contributed by atoms with Crippen molar-refractivity contribution in [2.24, 2.45) is 5.92 Å². The molecular weight excluding hydrogens is 356 g/mol. The predicted octanol–water partition coefficient (Wildman–Crippen LogP) is 5.20. The van der Waals surface area contributed by atoms with Gasteiger partial charge in [0.2, 0.25) is 0 Å². The molecule has 3 aromatic rings. The van der Waals surface area contributed by atoms with E-state index in [-0.39, 0.29) is 0 Å². The van der Waals surface area contributed by atoms with Gasteiger partial charge in [0.1, 0.15) is 0 Å². The average Bonchev–Trinajstić information content (AvgIpc) is 3.28. The number of hydrogen-bond acceptors (Lipinski definition) is 3. The normalized spacial score (nSPS) is 24.1. The number of aromatic nitrogens is 3. The molecule has 1 atom stereocenters. The third-order valence-corrected chi connectivity index (χ3v) is 7.56. The van der Waals surface area contributed by atoms with Crippen molar-refractivity contribution >= 4 is 10.9 Å². The molecule has 0 bridgehead atoms. The van der Waals surface area contributed by atoms with Crippen molar-refractivity contribution in [2.75, 3.05) is 19.6 Å². The van der Waals surface area contributed by atoms with Crippen LogP contribution in [0.25, 0.3) is 22.2 Å². The van der Waals surface area contributed by atoms with E-state index in [2.05, 4.69) is 51.8 Å². The van der Waals surface area contributed by atoms with Crippen molar-refractivity contribution in [3.8, 4) is 11.3 Å². The van der Waals surface area contributed by atoms with E-state index in [9.17, 15) is 0 Å². The van der Waals surface area contributed by atoms with Crippen LogP contribution in [0.3, 0.4) is 0 Å². The van der Waals surface area contributed by atoms with Crippen LogP contribution in [0, 0.1) is 5.92 Å². The summed E-state index contributed by atoms with van der Waals surface area (Å²) in [7, 11) is 0. The van der Waals surface area contributed by atoms with Crippen LogP contribution < -0.4 is 0 Å². The maximum atomic E-state index is 5.03. The second-order valence-corrected chi connectivity index (χ2v) is 9.78. The third kappa shape index (κ3) is 2.92. The molecule has 2 fully saturated rings. The molecule has 6 rings (SSSR count). The van der Waals surface area contributed by atoms with Crippen LogP contribution in [-0.4, -0.2) is 39.3 Å². The number of hydrogen-bond donors (Lipinski definition) is 0. The monoisotopic (exact) mass is 386 g/mol. The zero-order chi connectivity index (χ0) is 19.4. The van der Waals surface area contributed by atoms with Crippen molar-refractivity contribution < 1.29 is 0 Å². The minimum absolute atomic E-state index is 0.323. The van der Waals surface area contributed by atoms with Crippen LogP contribution in [-0.2, 0) is 5.41 Å². The van der Waals surface area contributed by atoms with Crippen LogP contribution in [0.4, 0.5) is 0 Å². The van der Waals surface area contributed by atoms with Gasteiger partial charge in [0, 0.05) is 47.9 Å². The van der Waals surface area contributed by atoms with Gasteiger partial charge < -0.3 is 4.90 Å². The van der Waals surface area contributed by atoms with Crippen LogP contribution in [0.15, 0.2) is 42.6 Å². The average molecular weight is 387 g/mol. The molecule has 0 amide bonds. The summed E-state index contributed by atoms with van der Waals surface area (Å²) in [6.07, 6.45) is 10.4. The summed E-state index contributed by atoms with van der Waals surface area (Å²) in [5.74, 6) is 0.934. The molecule has 4 heteroatoms. The summed E-state index contributed by atoms with van der Waals surface area (Å²) in [4.78, 5) is 7.36. The molecule has 2 aliphatic heterocycles. The molecule has 1 saturated carbocycles. The minimum atomic E-state index is 0.323. The van der Waals surface area contributed by atoms with Gasteiger partial charge in [0.15, 0.2) is 0 Å². The fourth-order valence-electron chi connectivity index (χ4n) is 6.20. The maximum Gasteiger partial charge on any atom is 0.0942 e. The predicted molar refractivity (Wildman–Crippen MR) is 117 cm³/mol. The van der Waals surface area contributed by atoms with E-state index in [4.69, 9.17) is 5.10 Å². The first-order valence-electron chi connectivity index (χ1n) is 11.4. The molecule has 1 aromatic carbocycles. The van der Waals surface area contributed by atoms with Crippen LogP contribution in [0.1, 0.15) is 57.2 Å². The van der Waals surface area contributed by atoms with Gasteiger partial charge in [-0.2, -0.15) is 5.10 Å². The number of rotatable bonds is 3. The molecule has 4 nitrogen and oxygen atoms in total. The summed E-state index contributed by atoms with van der Waals surface area (Å²) < 4.78 is 2.31. The topological polar surface area (TPSA) is 34.0 Å². The number of benzene rings is 1. The maximum absolute atomic E-state index is 5.03. The molecule has 2 aromatic heterocycles. The first-order valence-corrected chi connectivity index (χ1v) is 11.4. The van der Waals surface area contributed by atoms with Crippen molar-refractivity contribution in [1.29, 1.82) is 0 Å². The minimum Gasteiger partial charge on any atom is -0.301 e. The zero-order valence-corrected chi connectivity index (χ0v) is 17.3. The van der Waals surface area contributed by atoms with Gasteiger partial charge in [-0.15, -0.1) is 0 Å². The Morgan fingerprint density at radius 3 is 2.76 bits per heavy atom. The molecule has 1 spiro atoms. The second-order valence-electron chi connectivity index (χ2n) is 9.78. The molecule has 1 saturated heterocycles. The second kappa shape index (κ2) is 6.66. The summed E-state index contributed by atoms with van der Waals surface area (Å²) in [5, 5.41) is 6.21. The summed E-state index contributed by atoms with van der Waals surface area (Å²) in [6, 6.07) is 13.4. The Morgan fingerprint density at radius 2 is 1.90 bits per heavy atom. The number of pyridine rings is 1. The Bertz CT molecular complexity index is 1040. The molecule has 1 aliphatic carbocycles. The molecule has 4 heterocycles. The van der Waals surface area contributed by atoms with Crippen LogP contribution in [0.5, 0.6) is 0 Å². The summed E-state index contributed by atoms with van der Waals surface area (Å²) in [6.45, 7) is 6.08. The molecule has 150 valence electrons. The van der Waals surface area contributed by atoms with Crippen molar-refractivity contribution in [3.05, 3.63) is 48.3 Å². The van der Waals surface area contributed by atoms with Crippen molar-refractivity contribution in [1.82, 2.24) is 19.7 Å². The van der Waals surface area contributed by atoms with Gasteiger partial charge in [0.05, 0.1) is 17.3 Å². The van der Waals surface area contributed by atoms with E-state index in [1.165, 1.54) is 69.2 Å². The lowest BCUT2D eigenvalue weighted by Gasteiger charge is -2.49. The van der Waals surface area contributed by atoms with Crippen LogP contribution in [0.2, 0.25) is 0 Å². The molecular formula is C25H30N4. The SMILES string of the molecule is CC1CC2(CN(CC3CCCCC3)C2)c2cc(-c3cnc4ccccc4c3)nn21. The Labute approximate surface area is 172 Å². The van der Waals surface area contributed by atoms with E-state index < -0.39 is 0 Å². The Morgan fingerprint density at radius 1 is 1.07 bits per heavy atom. The molecule has 1 unspecified atom stereocenters. The largest absolute Gasteiger partial charge is 0.301 e. The van der Waals surface area contributed by atoms with Crippen molar-refractivity contribution in [2.45, 2.75) is 56.9 Å². The van der Waals surface area contributed by atoms with Gasteiger partial charge in [-0.1, -0.05) is 37.5 Å². The van der Waals surface area contributed by atoms with E-state index >= 15 is 0 Å². The lowest BCUT2D eigenvalue weighted by atomic mass is 9.74. The third-order valence-electron chi connectivity index (χ3n) is 7.56. The van der Waals surface area contributed by atoms with Crippen LogP contribution >= 0.6 is 0 Å². The lowest BCUT2D eigenvalue weighted by Crippen LogP contribution is -2.59. The van der Waals surface area contributed by atoms with E-state index in [1.807, 2.05) is 12.3 Å². The number of fused-ring (bicyclic) bond motifs is 3. The smallest absolute Gasteiger partial charge is 0.0942 e.